The monoisotopic (exact) mass is 339 g/mol. The predicted molar refractivity (Wildman–Crippen MR) is 81.6 cm³/mol. The Balaban J connectivity index is 1.94. The molecule has 0 aromatic heterocycles. The summed E-state index contributed by atoms with van der Waals surface area (Å²) in [5.74, 6) is 0.107. The Hall–Kier alpha value is -1.56. The minimum Gasteiger partial charge on any atom is -0.367 e. The second-order valence-corrected chi connectivity index (χ2v) is 5.90. The standard InChI is InChI=1S/C14H18BrN3O2/c1-17(2)13(19)4-3-7-18-9-16-12-8-10(15)5-6-11(12)14(18)20/h5-6,8,16H,3-4,7,9H2,1-2H3. The first kappa shape index (κ1) is 14.8. The van der Waals surface area contributed by atoms with E-state index in [0.717, 1.165) is 10.2 Å². The van der Waals surface area contributed by atoms with E-state index in [1.165, 1.54) is 0 Å². The summed E-state index contributed by atoms with van der Waals surface area (Å²) in [6, 6.07) is 5.57. The summed E-state index contributed by atoms with van der Waals surface area (Å²) >= 11 is 3.39. The summed E-state index contributed by atoms with van der Waals surface area (Å²) in [5.41, 5.74) is 1.53. The number of rotatable bonds is 4. The minimum absolute atomic E-state index is 0.0172. The molecule has 1 heterocycles. The highest BCUT2D eigenvalue weighted by Crippen LogP contribution is 2.26. The Morgan fingerprint density at radius 2 is 2.20 bits per heavy atom. The molecule has 2 rings (SSSR count). The Morgan fingerprint density at radius 3 is 2.90 bits per heavy atom. The molecule has 6 heteroatoms. The van der Waals surface area contributed by atoms with Crippen LogP contribution in [0.3, 0.4) is 0 Å². The van der Waals surface area contributed by atoms with Crippen LogP contribution in [-0.2, 0) is 4.79 Å². The summed E-state index contributed by atoms with van der Waals surface area (Å²) in [5, 5.41) is 3.22. The number of fused-ring (bicyclic) bond motifs is 1. The zero-order chi connectivity index (χ0) is 14.7. The Kier molecular flexibility index (Phi) is 4.65. The summed E-state index contributed by atoms with van der Waals surface area (Å²) in [6.07, 6.45) is 1.14. The molecular weight excluding hydrogens is 322 g/mol. The maximum atomic E-state index is 12.3. The summed E-state index contributed by atoms with van der Waals surface area (Å²) < 4.78 is 0.946. The number of nitrogens with one attached hydrogen (secondary N) is 1. The molecule has 2 amide bonds. The van der Waals surface area contributed by atoms with Crippen LogP contribution in [0.4, 0.5) is 5.69 Å². The molecule has 0 aliphatic carbocycles. The molecular formula is C14H18BrN3O2. The van der Waals surface area contributed by atoms with Gasteiger partial charge in [-0.2, -0.15) is 0 Å². The van der Waals surface area contributed by atoms with Gasteiger partial charge in [-0.1, -0.05) is 15.9 Å². The van der Waals surface area contributed by atoms with Gasteiger partial charge in [0.15, 0.2) is 0 Å². The van der Waals surface area contributed by atoms with Crippen LogP contribution < -0.4 is 5.32 Å². The average molecular weight is 340 g/mol. The van der Waals surface area contributed by atoms with E-state index in [2.05, 4.69) is 21.2 Å². The van der Waals surface area contributed by atoms with Crippen molar-refractivity contribution in [1.29, 1.82) is 0 Å². The zero-order valence-corrected chi connectivity index (χ0v) is 13.2. The van der Waals surface area contributed by atoms with Gasteiger partial charge in [0.25, 0.3) is 5.91 Å². The van der Waals surface area contributed by atoms with Crippen LogP contribution in [0.25, 0.3) is 0 Å². The first-order valence-corrected chi connectivity index (χ1v) is 7.31. The van der Waals surface area contributed by atoms with Gasteiger partial charge >= 0.3 is 0 Å². The Morgan fingerprint density at radius 1 is 1.45 bits per heavy atom. The Labute approximate surface area is 127 Å². The zero-order valence-electron chi connectivity index (χ0n) is 11.6. The van der Waals surface area contributed by atoms with E-state index in [1.807, 2.05) is 18.2 Å². The molecule has 20 heavy (non-hydrogen) atoms. The maximum Gasteiger partial charge on any atom is 0.257 e. The lowest BCUT2D eigenvalue weighted by molar-refractivity contribution is -0.128. The number of nitrogens with zero attached hydrogens (tertiary/aromatic N) is 2. The predicted octanol–water partition coefficient (Wildman–Crippen LogP) is 2.14. The number of benzene rings is 1. The number of carbonyl (C=O) groups excluding carboxylic acids is 2. The van der Waals surface area contributed by atoms with Crippen LogP contribution in [-0.4, -0.2) is 48.9 Å². The van der Waals surface area contributed by atoms with Crippen LogP contribution >= 0.6 is 15.9 Å². The van der Waals surface area contributed by atoms with E-state index in [4.69, 9.17) is 0 Å². The van der Waals surface area contributed by atoms with E-state index < -0.39 is 0 Å². The highest BCUT2D eigenvalue weighted by atomic mass is 79.9. The second kappa shape index (κ2) is 6.26. The number of anilines is 1. The van der Waals surface area contributed by atoms with E-state index in [0.29, 0.717) is 31.6 Å². The van der Waals surface area contributed by atoms with Gasteiger partial charge in [0, 0.05) is 37.2 Å². The van der Waals surface area contributed by atoms with Crippen molar-refractivity contribution in [2.24, 2.45) is 0 Å². The number of hydrogen-bond donors (Lipinski definition) is 1. The largest absolute Gasteiger partial charge is 0.367 e. The molecule has 0 radical (unpaired) electrons. The molecule has 0 atom stereocenters. The summed E-state index contributed by atoms with van der Waals surface area (Å²) in [7, 11) is 3.48. The SMILES string of the molecule is CN(C)C(=O)CCCN1CNc2cc(Br)ccc2C1=O. The quantitative estimate of drug-likeness (QED) is 0.914. The molecule has 0 bridgehead atoms. The molecule has 108 valence electrons. The lowest BCUT2D eigenvalue weighted by atomic mass is 10.1. The lowest BCUT2D eigenvalue weighted by Crippen LogP contribution is -2.40. The smallest absolute Gasteiger partial charge is 0.257 e. The highest BCUT2D eigenvalue weighted by Gasteiger charge is 2.23. The molecule has 1 aliphatic heterocycles. The number of halogens is 1. The van der Waals surface area contributed by atoms with Crippen molar-refractivity contribution >= 4 is 33.4 Å². The van der Waals surface area contributed by atoms with Gasteiger partial charge in [-0.3, -0.25) is 9.59 Å². The third-order valence-electron chi connectivity index (χ3n) is 3.28. The topological polar surface area (TPSA) is 52.7 Å². The normalized spacial score (nSPS) is 13.8. The van der Waals surface area contributed by atoms with Crippen molar-refractivity contribution in [1.82, 2.24) is 9.80 Å². The first-order valence-electron chi connectivity index (χ1n) is 6.52. The van der Waals surface area contributed by atoms with Crippen molar-refractivity contribution in [3.8, 4) is 0 Å². The molecule has 5 nitrogen and oxygen atoms in total. The van der Waals surface area contributed by atoms with E-state index in [-0.39, 0.29) is 11.8 Å². The van der Waals surface area contributed by atoms with Crippen LogP contribution in [0.1, 0.15) is 23.2 Å². The van der Waals surface area contributed by atoms with Crippen molar-refractivity contribution in [3.63, 3.8) is 0 Å². The molecule has 1 aliphatic rings. The molecule has 0 spiro atoms. The third-order valence-corrected chi connectivity index (χ3v) is 3.77. The Bertz CT molecular complexity index is 531. The fourth-order valence-electron chi connectivity index (χ4n) is 2.10. The lowest BCUT2D eigenvalue weighted by Gasteiger charge is -2.29. The van der Waals surface area contributed by atoms with E-state index in [1.54, 1.807) is 23.9 Å². The van der Waals surface area contributed by atoms with E-state index in [9.17, 15) is 9.59 Å². The van der Waals surface area contributed by atoms with Crippen LogP contribution in [0.15, 0.2) is 22.7 Å². The van der Waals surface area contributed by atoms with Crippen molar-refractivity contribution in [2.45, 2.75) is 12.8 Å². The maximum absolute atomic E-state index is 12.3. The number of amides is 2. The molecule has 0 saturated heterocycles. The van der Waals surface area contributed by atoms with E-state index >= 15 is 0 Å². The fraction of sp³-hybridized carbons (Fsp3) is 0.429. The molecule has 0 saturated carbocycles. The highest BCUT2D eigenvalue weighted by molar-refractivity contribution is 9.10. The molecule has 0 unspecified atom stereocenters. The third kappa shape index (κ3) is 3.30. The molecule has 1 aromatic carbocycles. The van der Waals surface area contributed by atoms with Gasteiger partial charge in [0.1, 0.15) is 0 Å². The molecule has 1 aromatic rings. The van der Waals surface area contributed by atoms with Gasteiger partial charge < -0.3 is 15.1 Å². The number of carbonyl (C=O) groups is 2. The van der Waals surface area contributed by atoms with Crippen molar-refractivity contribution in [2.75, 3.05) is 32.6 Å². The van der Waals surface area contributed by atoms with Gasteiger partial charge in [0.2, 0.25) is 5.91 Å². The van der Waals surface area contributed by atoms with Gasteiger partial charge in [-0.05, 0) is 24.6 Å². The second-order valence-electron chi connectivity index (χ2n) is 4.99. The van der Waals surface area contributed by atoms with Crippen LogP contribution in [0.5, 0.6) is 0 Å². The van der Waals surface area contributed by atoms with Gasteiger partial charge in [-0.15, -0.1) is 0 Å². The van der Waals surface area contributed by atoms with Crippen molar-refractivity contribution in [3.05, 3.63) is 28.2 Å². The van der Waals surface area contributed by atoms with Crippen LogP contribution in [0, 0.1) is 0 Å². The summed E-state index contributed by atoms with van der Waals surface area (Å²) in [4.78, 5) is 27.1. The van der Waals surface area contributed by atoms with Crippen LogP contribution in [0.2, 0.25) is 0 Å². The molecule has 1 N–H and O–H groups in total. The first-order chi connectivity index (χ1) is 9.49. The fourth-order valence-corrected chi connectivity index (χ4v) is 2.46. The summed E-state index contributed by atoms with van der Waals surface area (Å²) in [6.45, 7) is 1.07. The van der Waals surface area contributed by atoms with Gasteiger partial charge in [-0.25, -0.2) is 0 Å². The average Bonchev–Trinajstić information content (AvgIpc) is 2.41. The van der Waals surface area contributed by atoms with Crippen molar-refractivity contribution < 1.29 is 9.59 Å². The van der Waals surface area contributed by atoms with Gasteiger partial charge in [0.05, 0.1) is 12.2 Å². The molecule has 0 fully saturated rings. The number of hydrogen-bond acceptors (Lipinski definition) is 3. The minimum atomic E-state index is 0.0172.